The van der Waals surface area contributed by atoms with E-state index in [4.69, 9.17) is 15.5 Å². The molecule has 140 valence electrons. The van der Waals surface area contributed by atoms with Crippen molar-refractivity contribution < 1.29 is 4.74 Å². The van der Waals surface area contributed by atoms with Crippen molar-refractivity contribution in [2.24, 2.45) is 5.73 Å². The fraction of sp³-hybridized carbons (Fsp3) is 0.130. The summed E-state index contributed by atoms with van der Waals surface area (Å²) in [6, 6.07) is 17.2. The van der Waals surface area contributed by atoms with Gasteiger partial charge in [-0.15, -0.1) is 0 Å². The quantitative estimate of drug-likeness (QED) is 0.697. The molecule has 28 heavy (non-hydrogen) atoms. The SMILES string of the molecule is NCOc1ccc(-n2c(/C=C/c3ccccc3)nc3c(c2=O)=CCCC=3)cc1. The minimum Gasteiger partial charge on any atom is -0.479 e. The predicted octanol–water partition coefficient (Wildman–Crippen LogP) is 2.05. The summed E-state index contributed by atoms with van der Waals surface area (Å²) in [4.78, 5) is 18.0. The summed E-state index contributed by atoms with van der Waals surface area (Å²) in [5.41, 5.74) is 7.13. The predicted molar refractivity (Wildman–Crippen MR) is 112 cm³/mol. The van der Waals surface area contributed by atoms with Crippen LogP contribution in [-0.4, -0.2) is 16.3 Å². The van der Waals surface area contributed by atoms with E-state index < -0.39 is 0 Å². The van der Waals surface area contributed by atoms with Gasteiger partial charge in [-0.2, -0.15) is 0 Å². The van der Waals surface area contributed by atoms with Gasteiger partial charge >= 0.3 is 0 Å². The monoisotopic (exact) mass is 371 g/mol. The molecule has 2 aromatic carbocycles. The average molecular weight is 371 g/mol. The molecule has 3 aromatic rings. The number of benzene rings is 2. The lowest BCUT2D eigenvalue weighted by Gasteiger charge is -2.12. The van der Waals surface area contributed by atoms with E-state index in [9.17, 15) is 4.79 Å². The Kier molecular flexibility index (Phi) is 5.17. The molecule has 0 saturated heterocycles. The molecule has 0 fully saturated rings. The zero-order chi connectivity index (χ0) is 19.3. The summed E-state index contributed by atoms with van der Waals surface area (Å²) in [5.74, 6) is 1.25. The van der Waals surface area contributed by atoms with Crippen LogP contribution in [-0.2, 0) is 0 Å². The Morgan fingerprint density at radius 2 is 1.75 bits per heavy atom. The van der Waals surface area contributed by atoms with Crippen LogP contribution in [0.25, 0.3) is 30.0 Å². The van der Waals surface area contributed by atoms with E-state index in [1.807, 2.05) is 66.8 Å². The fourth-order valence-electron chi connectivity index (χ4n) is 3.25. The molecule has 0 unspecified atom stereocenters. The summed E-state index contributed by atoms with van der Waals surface area (Å²) >= 11 is 0. The number of hydrogen-bond donors (Lipinski definition) is 1. The Balaban J connectivity index is 1.88. The Morgan fingerprint density at radius 1 is 1.00 bits per heavy atom. The lowest BCUT2D eigenvalue weighted by molar-refractivity contribution is 0.329. The summed E-state index contributed by atoms with van der Waals surface area (Å²) in [6.07, 6.45) is 9.59. The molecule has 0 atom stereocenters. The Labute approximate surface area is 162 Å². The molecule has 2 N–H and O–H groups in total. The summed E-state index contributed by atoms with van der Waals surface area (Å²) in [5, 5.41) is 1.41. The molecule has 1 heterocycles. The fourth-order valence-corrected chi connectivity index (χ4v) is 3.25. The van der Waals surface area contributed by atoms with Crippen molar-refractivity contribution >= 4 is 24.3 Å². The number of aromatic nitrogens is 2. The first-order valence-corrected chi connectivity index (χ1v) is 9.26. The highest BCUT2D eigenvalue weighted by atomic mass is 16.5. The van der Waals surface area contributed by atoms with Gasteiger partial charge in [-0.25, -0.2) is 4.98 Å². The molecule has 0 radical (unpaired) electrons. The largest absolute Gasteiger partial charge is 0.479 e. The maximum atomic E-state index is 13.2. The number of fused-ring (bicyclic) bond motifs is 1. The number of nitrogens with zero attached hydrogens (tertiary/aromatic N) is 2. The molecule has 5 nitrogen and oxygen atoms in total. The van der Waals surface area contributed by atoms with Gasteiger partial charge in [-0.1, -0.05) is 48.6 Å². The smallest absolute Gasteiger partial charge is 0.265 e. The van der Waals surface area contributed by atoms with E-state index in [1.165, 1.54) is 0 Å². The second kappa shape index (κ2) is 8.06. The normalized spacial score (nSPS) is 12.9. The van der Waals surface area contributed by atoms with Crippen LogP contribution in [0.4, 0.5) is 0 Å². The third kappa shape index (κ3) is 3.66. The highest BCUT2D eigenvalue weighted by Crippen LogP contribution is 2.15. The van der Waals surface area contributed by atoms with Gasteiger partial charge in [0.25, 0.3) is 5.56 Å². The third-order valence-electron chi connectivity index (χ3n) is 4.60. The van der Waals surface area contributed by atoms with Crippen molar-refractivity contribution in [3.8, 4) is 11.4 Å². The molecule has 1 aliphatic rings. The molecule has 5 heteroatoms. The van der Waals surface area contributed by atoms with Crippen LogP contribution in [0.3, 0.4) is 0 Å². The molecule has 0 bridgehead atoms. The van der Waals surface area contributed by atoms with Gasteiger partial charge in [-0.05, 0) is 48.7 Å². The summed E-state index contributed by atoms with van der Waals surface area (Å²) < 4.78 is 6.94. The third-order valence-corrected chi connectivity index (χ3v) is 4.60. The number of rotatable bonds is 5. The van der Waals surface area contributed by atoms with Crippen LogP contribution < -0.4 is 26.6 Å². The minimum atomic E-state index is -0.0684. The van der Waals surface area contributed by atoms with Crippen LogP contribution in [0, 0.1) is 0 Å². The lowest BCUT2D eigenvalue weighted by Crippen LogP contribution is -2.48. The van der Waals surface area contributed by atoms with Gasteiger partial charge < -0.3 is 4.74 Å². The van der Waals surface area contributed by atoms with Crippen molar-refractivity contribution in [2.45, 2.75) is 12.8 Å². The van der Waals surface area contributed by atoms with Gasteiger partial charge in [0.05, 0.1) is 16.3 Å². The van der Waals surface area contributed by atoms with Crippen LogP contribution in [0.15, 0.2) is 59.4 Å². The molecule has 0 aliphatic heterocycles. The van der Waals surface area contributed by atoms with E-state index in [0.717, 1.165) is 29.4 Å². The number of nitrogens with two attached hydrogens (primary N) is 1. The topological polar surface area (TPSA) is 70.1 Å². The van der Waals surface area contributed by atoms with Crippen molar-refractivity contribution in [3.05, 3.63) is 86.9 Å². The standard InChI is InChI=1S/C23H21N3O2/c24-16-28-19-13-11-18(12-14-19)26-22(15-10-17-6-2-1-3-7-17)25-21-9-5-4-8-20(21)23(26)27/h1-3,6-15H,4-5,16,24H2/b15-10+. The highest BCUT2D eigenvalue weighted by molar-refractivity contribution is 5.67. The van der Waals surface area contributed by atoms with Gasteiger partial charge in [-0.3, -0.25) is 15.1 Å². The van der Waals surface area contributed by atoms with Crippen LogP contribution >= 0.6 is 0 Å². The summed E-state index contributed by atoms with van der Waals surface area (Å²) in [7, 11) is 0. The van der Waals surface area contributed by atoms with Crippen molar-refractivity contribution in [3.63, 3.8) is 0 Å². The second-order valence-corrected chi connectivity index (χ2v) is 6.44. The van der Waals surface area contributed by atoms with E-state index in [-0.39, 0.29) is 12.3 Å². The lowest BCUT2D eigenvalue weighted by atomic mass is 10.1. The number of ether oxygens (including phenoxy) is 1. The highest BCUT2D eigenvalue weighted by Gasteiger charge is 2.11. The van der Waals surface area contributed by atoms with E-state index >= 15 is 0 Å². The minimum absolute atomic E-state index is 0.0684. The molecular weight excluding hydrogens is 350 g/mol. The summed E-state index contributed by atoms with van der Waals surface area (Å²) in [6.45, 7) is 0.107. The Hall–Kier alpha value is -3.44. The average Bonchev–Trinajstić information content (AvgIpc) is 2.74. The van der Waals surface area contributed by atoms with E-state index in [2.05, 4.69) is 0 Å². The van der Waals surface area contributed by atoms with Gasteiger partial charge in [0.15, 0.2) is 0 Å². The molecular formula is C23H21N3O2. The van der Waals surface area contributed by atoms with E-state index in [0.29, 0.717) is 16.8 Å². The van der Waals surface area contributed by atoms with Crippen molar-refractivity contribution in [1.82, 2.24) is 9.55 Å². The van der Waals surface area contributed by atoms with Crippen LogP contribution in [0.5, 0.6) is 5.75 Å². The molecule has 1 aliphatic carbocycles. The molecule has 4 rings (SSSR count). The van der Waals surface area contributed by atoms with Crippen LogP contribution in [0.2, 0.25) is 0 Å². The number of hydrogen-bond acceptors (Lipinski definition) is 4. The van der Waals surface area contributed by atoms with E-state index in [1.54, 1.807) is 16.7 Å². The zero-order valence-corrected chi connectivity index (χ0v) is 15.4. The van der Waals surface area contributed by atoms with Crippen LogP contribution in [0.1, 0.15) is 24.2 Å². The van der Waals surface area contributed by atoms with Crippen molar-refractivity contribution in [1.29, 1.82) is 0 Å². The van der Waals surface area contributed by atoms with Gasteiger partial charge in [0.1, 0.15) is 18.3 Å². The van der Waals surface area contributed by atoms with Crippen molar-refractivity contribution in [2.75, 3.05) is 6.73 Å². The second-order valence-electron chi connectivity index (χ2n) is 6.44. The first-order chi connectivity index (χ1) is 13.8. The maximum absolute atomic E-state index is 13.2. The molecule has 1 aromatic heterocycles. The Bertz CT molecular complexity index is 1180. The molecule has 0 spiro atoms. The first kappa shape index (κ1) is 17.9. The molecule has 0 saturated carbocycles. The Morgan fingerprint density at radius 3 is 2.50 bits per heavy atom. The molecule has 0 amide bonds. The maximum Gasteiger partial charge on any atom is 0.265 e. The van der Waals surface area contributed by atoms with Gasteiger partial charge in [0, 0.05) is 0 Å². The first-order valence-electron chi connectivity index (χ1n) is 9.26. The van der Waals surface area contributed by atoms with Gasteiger partial charge in [0.2, 0.25) is 0 Å². The zero-order valence-electron chi connectivity index (χ0n) is 15.4.